The fraction of sp³-hybridized carbons (Fsp3) is 0.609. The summed E-state index contributed by atoms with van der Waals surface area (Å²) in [6.07, 6.45) is 9.54. The Morgan fingerprint density at radius 2 is 1.83 bits per heavy atom. The minimum atomic E-state index is -3.48. The zero-order valence-corrected chi connectivity index (χ0v) is 18.4. The smallest absolute Gasteiger partial charge is 0.247 e. The number of fused-ring (bicyclic) bond motifs is 1. The molecule has 0 spiro atoms. The molecule has 2 heterocycles. The summed E-state index contributed by atoms with van der Waals surface area (Å²) in [7, 11) is -3.48. The molecular weight excluding hydrogens is 400 g/mol. The molecule has 0 saturated carbocycles. The molecule has 1 N–H and O–H groups in total. The van der Waals surface area contributed by atoms with E-state index in [1.54, 1.807) is 16.4 Å². The molecule has 0 atom stereocenters. The lowest BCUT2D eigenvalue weighted by Crippen LogP contribution is -2.31. The molecule has 0 bridgehead atoms. The Hall–Kier alpha value is -1.70. The first-order chi connectivity index (χ1) is 14.5. The van der Waals surface area contributed by atoms with Gasteiger partial charge in [-0.1, -0.05) is 18.9 Å². The van der Waals surface area contributed by atoms with Gasteiger partial charge in [0.15, 0.2) is 0 Å². The fourth-order valence-electron chi connectivity index (χ4n) is 4.59. The summed E-state index contributed by atoms with van der Waals surface area (Å²) in [6.45, 7) is 3.50. The number of sulfonamides is 1. The summed E-state index contributed by atoms with van der Waals surface area (Å²) in [5, 5.41) is 3.04. The van der Waals surface area contributed by atoms with Crippen LogP contribution in [-0.2, 0) is 26.0 Å². The van der Waals surface area contributed by atoms with Crippen molar-refractivity contribution >= 4 is 22.0 Å². The molecule has 1 aliphatic carbocycles. The SMILES string of the molecule is O=C(NCCC1CCOCC1)C1=Cc2cc(S(=O)(=O)N3CCCCCC3)ccc2C1. The van der Waals surface area contributed by atoms with E-state index in [4.69, 9.17) is 4.74 Å². The van der Waals surface area contributed by atoms with Gasteiger partial charge >= 0.3 is 0 Å². The van der Waals surface area contributed by atoms with E-state index >= 15 is 0 Å². The van der Waals surface area contributed by atoms with Crippen molar-refractivity contribution in [3.05, 3.63) is 34.9 Å². The van der Waals surface area contributed by atoms with E-state index in [1.165, 1.54) is 0 Å². The number of hydrogen-bond donors (Lipinski definition) is 1. The van der Waals surface area contributed by atoms with Gasteiger partial charge in [-0.2, -0.15) is 4.31 Å². The quantitative estimate of drug-likeness (QED) is 0.749. The Balaban J connectivity index is 1.39. The van der Waals surface area contributed by atoms with Crippen LogP contribution >= 0.6 is 0 Å². The van der Waals surface area contributed by atoms with Crippen molar-refractivity contribution in [3.8, 4) is 0 Å². The van der Waals surface area contributed by atoms with Gasteiger partial charge in [0.2, 0.25) is 15.9 Å². The lowest BCUT2D eigenvalue weighted by atomic mass is 9.96. The third-order valence-electron chi connectivity index (χ3n) is 6.50. The normalized spacial score (nSPS) is 21.0. The monoisotopic (exact) mass is 432 g/mol. The zero-order valence-electron chi connectivity index (χ0n) is 17.6. The number of benzene rings is 1. The van der Waals surface area contributed by atoms with Crippen molar-refractivity contribution in [2.75, 3.05) is 32.8 Å². The van der Waals surface area contributed by atoms with Gasteiger partial charge in [0.05, 0.1) is 4.90 Å². The maximum Gasteiger partial charge on any atom is 0.247 e. The molecule has 2 fully saturated rings. The Labute approximate surface area is 179 Å². The predicted octanol–water partition coefficient (Wildman–Crippen LogP) is 3.12. The lowest BCUT2D eigenvalue weighted by Gasteiger charge is -2.21. The summed E-state index contributed by atoms with van der Waals surface area (Å²) in [6, 6.07) is 5.29. The molecule has 30 heavy (non-hydrogen) atoms. The summed E-state index contributed by atoms with van der Waals surface area (Å²) < 4.78 is 33.1. The van der Waals surface area contributed by atoms with Gasteiger partial charge in [-0.05, 0) is 67.4 Å². The number of nitrogens with zero attached hydrogens (tertiary/aromatic N) is 1. The molecule has 0 aromatic heterocycles. The second-order valence-electron chi connectivity index (χ2n) is 8.63. The predicted molar refractivity (Wildman–Crippen MR) is 117 cm³/mol. The first kappa shape index (κ1) is 21.5. The van der Waals surface area contributed by atoms with E-state index in [0.717, 1.165) is 69.3 Å². The summed E-state index contributed by atoms with van der Waals surface area (Å²) in [5.41, 5.74) is 2.57. The van der Waals surface area contributed by atoms with E-state index in [0.29, 0.717) is 42.4 Å². The van der Waals surface area contributed by atoms with Gasteiger partial charge in [-0.3, -0.25) is 4.79 Å². The van der Waals surface area contributed by atoms with Crippen LogP contribution in [0.2, 0.25) is 0 Å². The van der Waals surface area contributed by atoms with Crippen molar-refractivity contribution in [2.45, 2.75) is 56.3 Å². The maximum absolute atomic E-state index is 13.1. The Bertz CT molecular complexity index is 896. The third-order valence-corrected chi connectivity index (χ3v) is 8.40. The zero-order chi connectivity index (χ0) is 21.0. The summed E-state index contributed by atoms with van der Waals surface area (Å²) in [4.78, 5) is 12.9. The molecule has 1 amide bonds. The van der Waals surface area contributed by atoms with E-state index in [1.807, 2.05) is 12.1 Å². The third kappa shape index (κ3) is 4.95. The topological polar surface area (TPSA) is 75.7 Å². The van der Waals surface area contributed by atoms with E-state index in [9.17, 15) is 13.2 Å². The van der Waals surface area contributed by atoms with Crippen LogP contribution in [0.15, 0.2) is 28.7 Å². The standard InChI is InChI=1S/C23H32N2O4S/c26-23(24-10-7-18-8-13-29-14-9-18)21-15-19-5-6-22(17-20(19)16-21)30(27,28)25-11-3-1-2-4-12-25/h5-6,16-18H,1-4,7-15H2,(H,24,26). The Morgan fingerprint density at radius 3 is 2.57 bits per heavy atom. The van der Waals surface area contributed by atoms with Crippen LogP contribution in [0, 0.1) is 5.92 Å². The Morgan fingerprint density at radius 1 is 1.10 bits per heavy atom. The number of nitrogens with one attached hydrogen (secondary N) is 1. The van der Waals surface area contributed by atoms with Crippen LogP contribution in [0.1, 0.15) is 56.1 Å². The minimum Gasteiger partial charge on any atom is -0.381 e. The van der Waals surface area contributed by atoms with Crippen molar-refractivity contribution in [3.63, 3.8) is 0 Å². The number of amides is 1. The van der Waals surface area contributed by atoms with Crippen molar-refractivity contribution in [2.24, 2.45) is 5.92 Å². The van der Waals surface area contributed by atoms with Crippen molar-refractivity contribution in [1.82, 2.24) is 9.62 Å². The largest absolute Gasteiger partial charge is 0.381 e. The minimum absolute atomic E-state index is 0.0461. The fourth-order valence-corrected chi connectivity index (χ4v) is 6.14. The molecule has 2 aliphatic heterocycles. The first-order valence-electron chi connectivity index (χ1n) is 11.2. The van der Waals surface area contributed by atoms with E-state index in [-0.39, 0.29) is 5.91 Å². The molecule has 1 aromatic carbocycles. The van der Waals surface area contributed by atoms with Gasteiger partial charge in [0.25, 0.3) is 0 Å². The maximum atomic E-state index is 13.1. The van der Waals surface area contributed by atoms with Crippen molar-refractivity contribution < 1.29 is 17.9 Å². The highest BCUT2D eigenvalue weighted by atomic mass is 32.2. The average molecular weight is 433 g/mol. The second-order valence-corrected chi connectivity index (χ2v) is 10.6. The van der Waals surface area contributed by atoms with Crippen LogP contribution in [0.3, 0.4) is 0 Å². The van der Waals surface area contributed by atoms with E-state index < -0.39 is 10.0 Å². The summed E-state index contributed by atoms with van der Waals surface area (Å²) >= 11 is 0. The molecule has 3 aliphatic rings. The molecule has 0 unspecified atom stereocenters. The highest BCUT2D eigenvalue weighted by Gasteiger charge is 2.27. The summed E-state index contributed by atoms with van der Waals surface area (Å²) in [5.74, 6) is 0.579. The van der Waals surface area contributed by atoms with Crippen LogP contribution in [0.5, 0.6) is 0 Å². The number of carbonyl (C=O) groups is 1. The molecule has 6 nitrogen and oxygen atoms in total. The number of hydrogen-bond acceptors (Lipinski definition) is 4. The highest BCUT2D eigenvalue weighted by Crippen LogP contribution is 2.29. The van der Waals surface area contributed by atoms with Gasteiger partial charge in [-0.15, -0.1) is 0 Å². The van der Waals surface area contributed by atoms with Gasteiger partial charge in [0.1, 0.15) is 0 Å². The second kappa shape index (κ2) is 9.62. The molecule has 1 aromatic rings. The number of rotatable bonds is 6. The highest BCUT2D eigenvalue weighted by molar-refractivity contribution is 7.89. The molecule has 164 valence electrons. The molecule has 4 rings (SSSR count). The van der Waals surface area contributed by atoms with Crippen LogP contribution in [-0.4, -0.2) is 51.5 Å². The van der Waals surface area contributed by atoms with Crippen LogP contribution in [0.4, 0.5) is 0 Å². The number of ether oxygens (including phenoxy) is 1. The van der Waals surface area contributed by atoms with Crippen LogP contribution in [0.25, 0.3) is 6.08 Å². The average Bonchev–Trinajstić information content (AvgIpc) is 2.98. The molecular formula is C23H32N2O4S. The number of carbonyl (C=O) groups excluding carboxylic acids is 1. The molecule has 7 heteroatoms. The van der Waals surface area contributed by atoms with Crippen LogP contribution < -0.4 is 5.32 Å². The van der Waals surface area contributed by atoms with Gasteiger partial charge in [-0.25, -0.2) is 8.42 Å². The van der Waals surface area contributed by atoms with Gasteiger partial charge < -0.3 is 10.1 Å². The lowest BCUT2D eigenvalue weighted by molar-refractivity contribution is -0.117. The van der Waals surface area contributed by atoms with Gasteiger partial charge in [0, 0.05) is 44.8 Å². The Kier molecular flexibility index (Phi) is 6.91. The molecule has 0 radical (unpaired) electrons. The first-order valence-corrected chi connectivity index (χ1v) is 12.7. The van der Waals surface area contributed by atoms with E-state index in [2.05, 4.69) is 5.32 Å². The molecule has 2 saturated heterocycles. The van der Waals surface area contributed by atoms with Crippen molar-refractivity contribution in [1.29, 1.82) is 0 Å².